The number of hydrogen-bond acceptors (Lipinski definition) is 3. The van der Waals surface area contributed by atoms with E-state index in [2.05, 4.69) is 57.8 Å². The van der Waals surface area contributed by atoms with Crippen LogP contribution < -0.4 is 10.6 Å². The van der Waals surface area contributed by atoms with Crippen molar-refractivity contribution >= 4 is 45.9 Å². The van der Waals surface area contributed by atoms with Crippen LogP contribution in [0.4, 0.5) is 0 Å². The number of rotatable bonds is 7. The molecular weight excluding hydrogens is 533 g/mol. The molecule has 5 nitrogen and oxygen atoms in total. The monoisotopic (exact) mass is 561 g/mol. The number of nitrogens with one attached hydrogen (secondary N) is 2. The Bertz CT molecular complexity index is 714. The van der Waals surface area contributed by atoms with E-state index in [-0.39, 0.29) is 29.4 Å². The van der Waals surface area contributed by atoms with E-state index >= 15 is 0 Å². The van der Waals surface area contributed by atoms with Gasteiger partial charge >= 0.3 is 0 Å². The summed E-state index contributed by atoms with van der Waals surface area (Å²) in [5.74, 6) is 1.83. The second-order valence-corrected chi connectivity index (χ2v) is 7.77. The summed E-state index contributed by atoms with van der Waals surface area (Å²) in [5.41, 5.74) is 1.37. The van der Waals surface area contributed by atoms with Crippen molar-refractivity contribution in [1.82, 2.24) is 10.6 Å². The van der Waals surface area contributed by atoms with Crippen molar-refractivity contribution in [3.05, 3.63) is 58.5 Å². The van der Waals surface area contributed by atoms with Crippen LogP contribution in [0, 0.1) is 0 Å². The summed E-state index contributed by atoms with van der Waals surface area (Å²) in [6.45, 7) is 6.02. The number of hydrogen-bond donors (Lipinski definition) is 2. The summed E-state index contributed by atoms with van der Waals surface area (Å²) in [6, 6.07) is 12.6. The molecule has 1 fully saturated rings. The average molecular weight is 562 g/mol. The Kier molecular flexibility index (Phi) is 9.81. The number of ether oxygens (including phenoxy) is 1. The van der Waals surface area contributed by atoms with E-state index in [4.69, 9.17) is 14.1 Å². The molecule has 0 aliphatic carbocycles. The molecule has 2 N–H and O–H groups in total. The van der Waals surface area contributed by atoms with Gasteiger partial charge in [-0.2, -0.15) is 0 Å². The summed E-state index contributed by atoms with van der Waals surface area (Å²) in [4.78, 5) is 4.92. The van der Waals surface area contributed by atoms with Gasteiger partial charge in [0, 0.05) is 42.6 Å². The van der Waals surface area contributed by atoms with Gasteiger partial charge in [0.05, 0.1) is 12.8 Å². The zero-order chi connectivity index (χ0) is 19.0. The van der Waals surface area contributed by atoms with Gasteiger partial charge in [-0.3, -0.25) is 4.99 Å². The summed E-state index contributed by atoms with van der Waals surface area (Å²) in [5, 5.41) is 6.77. The van der Waals surface area contributed by atoms with Crippen molar-refractivity contribution in [3.8, 4) is 0 Å². The fourth-order valence-corrected chi connectivity index (χ4v) is 3.70. The van der Waals surface area contributed by atoms with Crippen LogP contribution >= 0.6 is 39.9 Å². The Morgan fingerprint density at radius 2 is 1.89 bits per heavy atom. The van der Waals surface area contributed by atoms with Gasteiger partial charge in [-0.25, -0.2) is 0 Å². The molecule has 7 heteroatoms. The number of aliphatic imine (C=N–C) groups is 1. The summed E-state index contributed by atoms with van der Waals surface area (Å²) in [6.07, 6.45) is 4.53. The largest absolute Gasteiger partial charge is 0.469 e. The molecule has 0 unspecified atom stereocenters. The molecule has 0 bridgehead atoms. The maximum Gasteiger partial charge on any atom is 0.191 e. The molecule has 1 aromatic carbocycles. The molecule has 1 aliphatic rings. The maximum atomic E-state index is 5.63. The van der Waals surface area contributed by atoms with Crippen LogP contribution in [0.15, 0.2) is 56.5 Å². The Labute approximate surface area is 192 Å². The van der Waals surface area contributed by atoms with Crippen molar-refractivity contribution in [3.63, 3.8) is 0 Å². The normalized spacial score (nSPS) is 16.3. The lowest BCUT2D eigenvalue weighted by Gasteiger charge is -2.36. The molecule has 0 atom stereocenters. The predicted molar refractivity (Wildman–Crippen MR) is 128 cm³/mol. The second kappa shape index (κ2) is 11.8. The average Bonchev–Trinajstić information content (AvgIpc) is 3.21. The highest BCUT2D eigenvalue weighted by molar-refractivity contribution is 14.0. The lowest BCUT2D eigenvalue weighted by atomic mass is 9.74. The Morgan fingerprint density at radius 1 is 1.14 bits per heavy atom. The summed E-state index contributed by atoms with van der Waals surface area (Å²) < 4.78 is 12.1. The van der Waals surface area contributed by atoms with Crippen LogP contribution in [0.25, 0.3) is 0 Å². The maximum absolute atomic E-state index is 5.63. The van der Waals surface area contributed by atoms with Crippen LogP contribution in [0.3, 0.4) is 0 Å². The molecule has 2 aromatic rings. The third kappa shape index (κ3) is 6.49. The molecule has 3 rings (SSSR count). The number of halogens is 2. The van der Waals surface area contributed by atoms with Gasteiger partial charge in [0.15, 0.2) is 5.96 Å². The first-order valence-electron chi connectivity index (χ1n) is 9.60. The van der Waals surface area contributed by atoms with Crippen LogP contribution in [0.5, 0.6) is 0 Å². The molecule has 2 heterocycles. The smallest absolute Gasteiger partial charge is 0.191 e. The van der Waals surface area contributed by atoms with Crippen LogP contribution in [0.1, 0.15) is 31.1 Å². The lowest BCUT2D eigenvalue weighted by molar-refractivity contribution is 0.0531. The van der Waals surface area contributed by atoms with Crippen molar-refractivity contribution in [2.24, 2.45) is 4.99 Å². The quantitative estimate of drug-likeness (QED) is 0.297. The van der Waals surface area contributed by atoms with Crippen LogP contribution in [0.2, 0.25) is 0 Å². The van der Waals surface area contributed by atoms with E-state index < -0.39 is 0 Å². The Hall–Kier alpha value is -1.06. The van der Waals surface area contributed by atoms with Crippen LogP contribution in [-0.2, 0) is 16.6 Å². The first-order valence-corrected chi connectivity index (χ1v) is 10.4. The van der Waals surface area contributed by atoms with Crippen molar-refractivity contribution in [2.45, 2.75) is 31.6 Å². The molecular formula is C21H29BrIN3O2. The van der Waals surface area contributed by atoms with Gasteiger partial charge in [0.1, 0.15) is 5.76 Å². The number of benzene rings is 1. The van der Waals surface area contributed by atoms with E-state index in [0.29, 0.717) is 0 Å². The highest BCUT2D eigenvalue weighted by Crippen LogP contribution is 2.35. The molecule has 154 valence electrons. The Balaban J connectivity index is 0.00000280. The predicted octanol–water partition coefficient (Wildman–Crippen LogP) is 4.51. The van der Waals surface area contributed by atoms with Gasteiger partial charge in [-0.05, 0) is 49.6 Å². The van der Waals surface area contributed by atoms with Gasteiger partial charge < -0.3 is 19.8 Å². The fourth-order valence-electron chi connectivity index (χ4n) is 3.43. The van der Waals surface area contributed by atoms with Gasteiger partial charge in [-0.15, -0.1) is 24.0 Å². The second-order valence-electron chi connectivity index (χ2n) is 6.85. The van der Waals surface area contributed by atoms with Crippen molar-refractivity contribution in [2.75, 3.05) is 32.8 Å². The van der Waals surface area contributed by atoms with E-state index in [0.717, 1.165) is 68.3 Å². The minimum Gasteiger partial charge on any atom is -0.469 e. The Morgan fingerprint density at radius 3 is 2.54 bits per heavy atom. The number of furan rings is 1. The van der Waals surface area contributed by atoms with Gasteiger partial charge in [-0.1, -0.05) is 28.1 Å². The first kappa shape index (κ1) is 23.2. The van der Waals surface area contributed by atoms with Gasteiger partial charge in [0.2, 0.25) is 0 Å². The minimum atomic E-state index is 0. The molecule has 0 saturated carbocycles. The van der Waals surface area contributed by atoms with Crippen LogP contribution in [-0.4, -0.2) is 38.8 Å². The fraction of sp³-hybridized carbons (Fsp3) is 0.476. The lowest BCUT2D eigenvalue weighted by Crippen LogP contribution is -2.41. The van der Waals surface area contributed by atoms with Crippen molar-refractivity contribution < 1.29 is 9.15 Å². The number of guanidine groups is 1. The zero-order valence-corrected chi connectivity index (χ0v) is 20.2. The molecule has 28 heavy (non-hydrogen) atoms. The third-order valence-electron chi connectivity index (χ3n) is 5.03. The minimum absolute atomic E-state index is 0. The van der Waals surface area contributed by atoms with Crippen molar-refractivity contribution in [1.29, 1.82) is 0 Å². The molecule has 0 spiro atoms. The first-order chi connectivity index (χ1) is 13.2. The standard InChI is InChI=1S/C21H28BrN3O2.HI/c1-2-23-20(24-12-9-19-4-3-13-27-19)25-16-21(10-14-26-15-11-21)17-5-7-18(22)8-6-17;/h3-8,13H,2,9-12,14-16H2,1H3,(H2,23,24,25);1H. The SMILES string of the molecule is CCNC(=NCC1(c2ccc(Br)cc2)CCOCC1)NCCc1ccco1.I. The van der Waals surface area contributed by atoms with E-state index in [1.54, 1.807) is 6.26 Å². The molecule has 1 aromatic heterocycles. The zero-order valence-electron chi connectivity index (χ0n) is 16.2. The topological polar surface area (TPSA) is 58.8 Å². The van der Waals surface area contributed by atoms with E-state index in [1.807, 2.05) is 12.1 Å². The number of nitrogens with zero attached hydrogens (tertiary/aromatic N) is 1. The highest BCUT2D eigenvalue weighted by atomic mass is 127. The molecule has 0 radical (unpaired) electrons. The summed E-state index contributed by atoms with van der Waals surface area (Å²) >= 11 is 3.53. The molecule has 0 amide bonds. The highest BCUT2D eigenvalue weighted by Gasteiger charge is 2.34. The van der Waals surface area contributed by atoms with Gasteiger partial charge in [0.25, 0.3) is 0 Å². The van der Waals surface area contributed by atoms with E-state index in [9.17, 15) is 0 Å². The third-order valence-corrected chi connectivity index (χ3v) is 5.56. The summed E-state index contributed by atoms with van der Waals surface area (Å²) in [7, 11) is 0. The molecule has 1 aliphatic heterocycles. The molecule has 1 saturated heterocycles. The van der Waals surface area contributed by atoms with E-state index in [1.165, 1.54) is 5.56 Å².